The van der Waals surface area contributed by atoms with Gasteiger partial charge < -0.3 is 10.1 Å². The average molecular weight is 324 g/mol. The van der Waals surface area contributed by atoms with Gasteiger partial charge in [0, 0.05) is 11.7 Å². The van der Waals surface area contributed by atoms with Crippen LogP contribution in [0.15, 0.2) is 24.3 Å². The maximum atomic E-state index is 12.0. The van der Waals surface area contributed by atoms with Crippen molar-refractivity contribution in [1.82, 2.24) is 5.32 Å². The number of sulfonamides is 1. The predicted octanol–water partition coefficient (Wildman–Crippen LogP) is 2.08. The smallest absolute Gasteiger partial charge is 0.406 e. The molecule has 0 aromatic heterocycles. The van der Waals surface area contributed by atoms with Crippen molar-refractivity contribution < 1.29 is 26.3 Å². The molecule has 0 bridgehead atoms. The van der Waals surface area contributed by atoms with E-state index in [0.717, 1.165) is 31.5 Å². The van der Waals surface area contributed by atoms with Crippen LogP contribution in [-0.2, 0) is 10.0 Å². The van der Waals surface area contributed by atoms with Crippen molar-refractivity contribution in [2.24, 2.45) is 0 Å². The summed E-state index contributed by atoms with van der Waals surface area (Å²) in [4.78, 5) is 0. The number of nitrogens with one attached hydrogen (secondary N) is 2. The average Bonchev–Trinajstić information content (AvgIpc) is 2.81. The normalized spacial score (nSPS) is 19.5. The highest BCUT2D eigenvalue weighted by atomic mass is 32.2. The SMILES string of the molecule is O=S(=O)(CC1CCCN1)Nc1ccc(OC(F)(F)F)cc1. The molecule has 5 nitrogen and oxygen atoms in total. The number of benzene rings is 1. The Bertz CT molecular complexity index is 566. The first-order chi connectivity index (χ1) is 9.73. The molecule has 1 aliphatic heterocycles. The van der Waals surface area contributed by atoms with Crippen LogP contribution in [0.5, 0.6) is 5.75 Å². The Balaban J connectivity index is 1.95. The van der Waals surface area contributed by atoms with Crippen molar-refractivity contribution in [3.63, 3.8) is 0 Å². The van der Waals surface area contributed by atoms with E-state index in [9.17, 15) is 21.6 Å². The minimum absolute atomic E-state index is 0.0617. The quantitative estimate of drug-likeness (QED) is 0.870. The largest absolute Gasteiger partial charge is 0.573 e. The second-order valence-corrected chi connectivity index (χ2v) is 6.52. The molecular formula is C12H15F3N2O3S. The molecule has 1 fully saturated rings. The predicted molar refractivity (Wildman–Crippen MR) is 71.6 cm³/mol. The minimum atomic E-state index is -4.77. The van der Waals surface area contributed by atoms with Crippen LogP contribution in [0.3, 0.4) is 0 Å². The summed E-state index contributed by atoms with van der Waals surface area (Å²) < 4.78 is 65.9. The molecule has 0 spiro atoms. The summed E-state index contributed by atoms with van der Waals surface area (Å²) >= 11 is 0. The van der Waals surface area contributed by atoms with Gasteiger partial charge in [-0.25, -0.2) is 8.42 Å². The summed E-state index contributed by atoms with van der Waals surface area (Å²) in [5.41, 5.74) is 0.197. The van der Waals surface area contributed by atoms with Crippen LogP contribution >= 0.6 is 0 Å². The van der Waals surface area contributed by atoms with Crippen molar-refractivity contribution in [3.8, 4) is 5.75 Å². The molecule has 9 heteroatoms. The van der Waals surface area contributed by atoms with Gasteiger partial charge in [0.1, 0.15) is 5.75 Å². The second-order valence-electron chi connectivity index (χ2n) is 4.75. The lowest BCUT2D eigenvalue weighted by atomic mass is 10.3. The number of alkyl halides is 3. The van der Waals surface area contributed by atoms with E-state index in [0.29, 0.717) is 0 Å². The number of halogens is 3. The first-order valence-corrected chi connectivity index (χ1v) is 7.98. The van der Waals surface area contributed by atoms with E-state index in [1.807, 2.05) is 0 Å². The zero-order valence-corrected chi connectivity index (χ0v) is 11.8. The summed E-state index contributed by atoms with van der Waals surface area (Å²) in [7, 11) is -3.54. The second kappa shape index (κ2) is 6.10. The van der Waals surface area contributed by atoms with Crippen molar-refractivity contribution in [2.75, 3.05) is 17.0 Å². The Morgan fingerprint density at radius 2 is 1.95 bits per heavy atom. The molecule has 2 N–H and O–H groups in total. The molecule has 1 unspecified atom stereocenters. The lowest BCUT2D eigenvalue weighted by Crippen LogP contribution is -2.32. The number of hydrogen-bond acceptors (Lipinski definition) is 4. The standard InChI is InChI=1S/C12H15F3N2O3S/c13-12(14,15)20-11-5-3-9(4-6-11)17-21(18,19)8-10-2-1-7-16-10/h3-6,10,16-17H,1-2,7-8H2. The van der Waals surface area contributed by atoms with Crippen LogP contribution in [0.2, 0.25) is 0 Å². The lowest BCUT2D eigenvalue weighted by Gasteiger charge is -2.13. The molecular weight excluding hydrogens is 309 g/mol. The third-order valence-corrected chi connectivity index (χ3v) is 4.33. The van der Waals surface area contributed by atoms with Gasteiger partial charge >= 0.3 is 6.36 Å². The molecule has 1 atom stereocenters. The Morgan fingerprint density at radius 3 is 2.48 bits per heavy atom. The summed E-state index contributed by atoms with van der Waals surface area (Å²) in [5.74, 6) is -0.462. The van der Waals surface area contributed by atoms with Crippen LogP contribution in [-0.4, -0.2) is 33.1 Å². The van der Waals surface area contributed by atoms with Gasteiger partial charge in [-0.2, -0.15) is 0 Å². The van der Waals surface area contributed by atoms with Crippen LogP contribution in [0.25, 0.3) is 0 Å². The van der Waals surface area contributed by atoms with Gasteiger partial charge in [-0.05, 0) is 43.7 Å². The zero-order chi connectivity index (χ0) is 15.5. The Kier molecular flexibility index (Phi) is 4.62. The van der Waals surface area contributed by atoms with E-state index in [2.05, 4.69) is 14.8 Å². The Labute approximate surface area is 120 Å². The fraction of sp³-hybridized carbons (Fsp3) is 0.500. The fourth-order valence-electron chi connectivity index (χ4n) is 2.11. The van der Waals surface area contributed by atoms with E-state index < -0.39 is 22.1 Å². The van der Waals surface area contributed by atoms with E-state index in [1.165, 1.54) is 12.1 Å². The van der Waals surface area contributed by atoms with Crippen LogP contribution in [0.4, 0.5) is 18.9 Å². The van der Waals surface area contributed by atoms with Crippen LogP contribution in [0, 0.1) is 0 Å². The first-order valence-electron chi connectivity index (χ1n) is 6.33. The molecule has 118 valence electrons. The van der Waals surface area contributed by atoms with E-state index in [1.54, 1.807) is 0 Å². The van der Waals surface area contributed by atoms with E-state index >= 15 is 0 Å². The number of anilines is 1. The highest BCUT2D eigenvalue weighted by Gasteiger charge is 2.31. The molecule has 1 heterocycles. The lowest BCUT2D eigenvalue weighted by molar-refractivity contribution is -0.274. The van der Waals surface area contributed by atoms with Gasteiger partial charge in [0.05, 0.1) is 5.75 Å². The van der Waals surface area contributed by atoms with Gasteiger partial charge in [-0.3, -0.25) is 4.72 Å². The molecule has 0 saturated carbocycles. The molecule has 1 saturated heterocycles. The van der Waals surface area contributed by atoms with Gasteiger partial charge in [0.25, 0.3) is 0 Å². The van der Waals surface area contributed by atoms with E-state index in [4.69, 9.17) is 0 Å². The highest BCUT2D eigenvalue weighted by Crippen LogP contribution is 2.24. The van der Waals surface area contributed by atoms with Gasteiger partial charge in [-0.15, -0.1) is 13.2 Å². The third-order valence-electron chi connectivity index (χ3n) is 2.94. The van der Waals surface area contributed by atoms with Crippen LogP contribution < -0.4 is 14.8 Å². The van der Waals surface area contributed by atoms with Gasteiger partial charge in [0.15, 0.2) is 0 Å². The van der Waals surface area contributed by atoms with Crippen molar-refractivity contribution in [2.45, 2.75) is 25.2 Å². The molecule has 1 aliphatic rings. The molecule has 1 aromatic rings. The third kappa shape index (κ3) is 5.43. The molecule has 0 aliphatic carbocycles. The van der Waals surface area contributed by atoms with Crippen molar-refractivity contribution in [3.05, 3.63) is 24.3 Å². The topological polar surface area (TPSA) is 67.4 Å². The Hall–Kier alpha value is -1.48. The fourth-order valence-corrected chi connectivity index (χ4v) is 3.50. The maximum Gasteiger partial charge on any atom is 0.573 e. The van der Waals surface area contributed by atoms with E-state index in [-0.39, 0.29) is 17.5 Å². The van der Waals surface area contributed by atoms with Crippen molar-refractivity contribution in [1.29, 1.82) is 0 Å². The highest BCUT2D eigenvalue weighted by molar-refractivity contribution is 7.92. The first kappa shape index (κ1) is 15.9. The Morgan fingerprint density at radius 1 is 1.29 bits per heavy atom. The molecule has 0 amide bonds. The molecule has 2 rings (SSSR count). The number of rotatable bonds is 5. The monoisotopic (exact) mass is 324 g/mol. The van der Waals surface area contributed by atoms with Crippen LogP contribution in [0.1, 0.15) is 12.8 Å². The number of ether oxygens (including phenoxy) is 1. The zero-order valence-electron chi connectivity index (χ0n) is 11.0. The van der Waals surface area contributed by atoms with Crippen molar-refractivity contribution >= 4 is 15.7 Å². The summed E-state index contributed by atoms with van der Waals surface area (Å²) in [5, 5.41) is 3.07. The molecule has 0 radical (unpaired) electrons. The minimum Gasteiger partial charge on any atom is -0.406 e. The van der Waals surface area contributed by atoms with Gasteiger partial charge in [-0.1, -0.05) is 0 Å². The van der Waals surface area contributed by atoms with Gasteiger partial charge in [0.2, 0.25) is 10.0 Å². The molecule has 1 aromatic carbocycles. The maximum absolute atomic E-state index is 12.0. The summed E-state index contributed by atoms with van der Waals surface area (Å²) in [6.07, 6.45) is -3.04. The molecule has 21 heavy (non-hydrogen) atoms. The number of hydrogen-bond donors (Lipinski definition) is 2. The summed E-state index contributed by atoms with van der Waals surface area (Å²) in [6.45, 7) is 0.795. The summed E-state index contributed by atoms with van der Waals surface area (Å²) in [6, 6.07) is 4.47.